The van der Waals surface area contributed by atoms with Crippen LogP contribution >= 0.6 is 11.6 Å². The third-order valence-electron chi connectivity index (χ3n) is 3.77. The van der Waals surface area contributed by atoms with Crippen LogP contribution in [0.25, 0.3) is 0 Å². The van der Waals surface area contributed by atoms with Crippen LogP contribution in [-0.4, -0.2) is 23.2 Å². The van der Waals surface area contributed by atoms with Crippen molar-refractivity contribution in [1.82, 2.24) is 14.8 Å². The van der Waals surface area contributed by atoms with E-state index in [4.69, 9.17) is 11.6 Å². The summed E-state index contributed by atoms with van der Waals surface area (Å²) in [5, 5.41) is 4.61. The molecule has 0 aliphatic rings. The number of anilines is 1. The number of halogens is 2. The Balaban J connectivity index is 1.80. The first-order valence-corrected chi connectivity index (χ1v) is 9.54. The van der Waals surface area contributed by atoms with Crippen molar-refractivity contribution in [3.8, 4) is 0 Å². The molecule has 2 aromatic carbocycles. The Bertz CT molecular complexity index is 1050. The number of aromatic nitrogens is 3. The zero-order valence-corrected chi connectivity index (χ0v) is 15.6. The normalized spacial score (nSPS) is 11.5. The molecule has 9 heteroatoms. The maximum absolute atomic E-state index is 12.9. The number of nitrogens with one attached hydrogen (secondary N) is 1. The fourth-order valence-corrected chi connectivity index (χ4v) is 3.89. The molecule has 1 N–H and O–H groups in total. The average molecular weight is 395 g/mol. The van der Waals surface area contributed by atoms with Crippen LogP contribution in [0.15, 0.2) is 47.6 Å². The van der Waals surface area contributed by atoms with Gasteiger partial charge >= 0.3 is 0 Å². The molecule has 136 valence electrons. The lowest BCUT2D eigenvalue weighted by Crippen LogP contribution is -2.16. The monoisotopic (exact) mass is 394 g/mol. The largest absolute Gasteiger partial charge is 0.264 e. The van der Waals surface area contributed by atoms with Crippen LogP contribution in [0.5, 0.6) is 0 Å². The molecule has 0 aliphatic heterocycles. The first-order chi connectivity index (χ1) is 12.2. The van der Waals surface area contributed by atoms with Crippen LogP contribution in [0, 0.1) is 19.7 Å². The highest BCUT2D eigenvalue weighted by molar-refractivity contribution is 7.92. The average Bonchev–Trinajstić information content (AvgIpc) is 2.99. The van der Waals surface area contributed by atoms with Crippen LogP contribution in [0.4, 0.5) is 10.3 Å². The molecular formula is C17H16ClFN4O2S. The molecular weight excluding hydrogens is 379 g/mol. The lowest BCUT2D eigenvalue weighted by atomic mass is 10.2. The Morgan fingerprint density at radius 1 is 1.15 bits per heavy atom. The van der Waals surface area contributed by atoms with E-state index < -0.39 is 10.0 Å². The van der Waals surface area contributed by atoms with Crippen molar-refractivity contribution in [3.05, 3.63) is 70.3 Å². The van der Waals surface area contributed by atoms with Crippen molar-refractivity contribution in [2.24, 2.45) is 0 Å². The second-order valence-electron chi connectivity index (χ2n) is 5.86. The topological polar surface area (TPSA) is 76.9 Å². The summed E-state index contributed by atoms with van der Waals surface area (Å²) in [5.41, 5.74) is 2.00. The van der Waals surface area contributed by atoms with Gasteiger partial charge in [-0.3, -0.25) is 0 Å². The van der Waals surface area contributed by atoms with E-state index in [2.05, 4.69) is 14.8 Å². The summed E-state index contributed by atoms with van der Waals surface area (Å²) < 4.78 is 42.0. The Morgan fingerprint density at radius 2 is 1.85 bits per heavy atom. The van der Waals surface area contributed by atoms with Gasteiger partial charge < -0.3 is 0 Å². The lowest BCUT2D eigenvalue weighted by Gasteiger charge is -2.10. The fraction of sp³-hybridized carbons (Fsp3) is 0.176. The number of nitrogens with zero attached hydrogens (tertiary/aromatic N) is 3. The minimum atomic E-state index is -3.84. The van der Waals surface area contributed by atoms with Crippen LogP contribution in [0.1, 0.15) is 16.7 Å². The van der Waals surface area contributed by atoms with Gasteiger partial charge in [0.25, 0.3) is 16.0 Å². The van der Waals surface area contributed by atoms with Gasteiger partial charge in [-0.05, 0) is 54.8 Å². The van der Waals surface area contributed by atoms with E-state index >= 15 is 0 Å². The molecule has 0 saturated carbocycles. The molecule has 0 amide bonds. The van der Waals surface area contributed by atoms with E-state index in [1.165, 1.54) is 29.2 Å². The second kappa shape index (κ2) is 7.05. The Hall–Kier alpha value is -2.45. The predicted octanol–water partition coefficient (Wildman–Crippen LogP) is 3.54. The Morgan fingerprint density at radius 3 is 2.54 bits per heavy atom. The minimum absolute atomic E-state index is 0.0425. The molecule has 0 aliphatic carbocycles. The SMILES string of the molecule is Cc1cc(S(=O)(=O)Nc2ncn(Cc3ccc(F)cc3)n2)c(C)cc1Cl. The summed E-state index contributed by atoms with van der Waals surface area (Å²) >= 11 is 6.02. The molecule has 0 saturated heterocycles. The molecule has 0 radical (unpaired) electrons. The van der Waals surface area contributed by atoms with E-state index in [0.29, 0.717) is 22.7 Å². The molecule has 1 heterocycles. The van der Waals surface area contributed by atoms with E-state index in [-0.39, 0.29) is 16.7 Å². The van der Waals surface area contributed by atoms with Crippen LogP contribution in [-0.2, 0) is 16.6 Å². The Kier molecular flexibility index (Phi) is 4.97. The van der Waals surface area contributed by atoms with Crippen molar-refractivity contribution in [1.29, 1.82) is 0 Å². The summed E-state index contributed by atoms with van der Waals surface area (Å²) in [6.07, 6.45) is 1.40. The summed E-state index contributed by atoms with van der Waals surface area (Å²) in [4.78, 5) is 4.09. The highest BCUT2D eigenvalue weighted by atomic mass is 35.5. The molecule has 0 fully saturated rings. The van der Waals surface area contributed by atoms with Crippen LogP contribution in [0.3, 0.4) is 0 Å². The van der Waals surface area contributed by atoms with Gasteiger partial charge in [0.1, 0.15) is 12.1 Å². The zero-order chi connectivity index (χ0) is 18.9. The first-order valence-electron chi connectivity index (χ1n) is 7.68. The molecule has 3 aromatic rings. The van der Waals surface area contributed by atoms with E-state index in [9.17, 15) is 12.8 Å². The van der Waals surface area contributed by atoms with Gasteiger partial charge in [0.05, 0.1) is 11.4 Å². The van der Waals surface area contributed by atoms with Gasteiger partial charge in [0.2, 0.25) is 0 Å². The standard InChI is InChI=1S/C17H16ClFN4O2S/c1-11-8-16(12(2)7-15(11)18)26(24,25)22-17-20-10-23(21-17)9-13-3-5-14(19)6-4-13/h3-8,10H,9H2,1-2H3,(H,21,22). The minimum Gasteiger partial charge on any atom is -0.246 e. The number of hydrogen-bond donors (Lipinski definition) is 1. The molecule has 0 bridgehead atoms. The summed E-state index contributed by atoms with van der Waals surface area (Å²) in [7, 11) is -3.84. The van der Waals surface area contributed by atoms with Crippen LogP contribution in [0.2, 0.25) is 5.02 Å². The van der Waals surface area contributed by atoms with E-state index in [1.807, 2.05) is 0 Å². The van der Waals surface area contributed by atoms with Crippen molar-refractivity contribution in [3.63, 3.8) is 0 Å². The quantitative estimate of drug-likeness (QED) is 0.718. The molecule has 0 atom stereocenters. The third kappa shape index (κ3) is 4.03. The highest BCUT2D eigenvalue weighted by Crippen LogP contribution is 2.25. The fourth-order valence-electron chi connectivity index (χ4n) is 2.41. The number of aryl methyl sites for hydroxylation is 2. The van der Waals surface area contributed by atoms with Gasteiger partial charge in [-0.25, -0.2) is 22.2 Å². The molecule has 3 rings (SSSR count). The zero-order valence-electron chi connectivity index (χ0n) is 14.1. The van der Waals surface area contributed by atoms with Crippen molar-refractivity contribution < 1.29 is 12.8 Å². The van der Waals surface area contributed by atoms with Gasteiger partial charge in [-0.15, -0.1) is 5.10 Å². The van der Waals surface area contributed by atoms with E-state index in [1.54, 1.807) is 32.0 Å². The summed E-state index contributed by atoms with van der Waals surface area (Å²) in [5.74, 6) is -0.367. The predicted molar refractivity (Wildman–Crippen MR) is 97.3 cm³/mol. The molecule has 1 aromatic heterocycles. The van der Waals surface area contributed by atoms with Crippen molar-refractivity contribution in [2.45, 2.75) is 25.3 Å². The summed E-state index contributed by atoms with van der Waals surface area (Å²) in [6, 6.07) is 9.06. The lowest BCUT2D eigenvalue weighted by molar-refractivity contribution is 0.599. The maximum Gasteiger partial charge on any atom is 0.264 e. The Labute approximate surface area is 155 Å². The second-order valence-corrected chi connectivity index (χ2v) is 7.92. The summed E-state index contributed by atoms with van der Waals surface area (Å²) in [6.45, 7) is 3.74. The van der Waals surface area contributed by atoms with Crippen molar-refractivity contribution in [2.75, 3.05) is 4.72 Å². The van der Waals surface area contributed by atoms with Gasteiger partial charge in [0.15, 0.2) is 0 Å². The smallest absolute Gasteiger partial charge is 0.246 e. The van der Waals surface area contributed by atoms with Gasteiger partial charge in [-0.2, -0.15) is 4.98 Å². The highest BCUT2D eigenvalue weighted by Gasteiger charge is 2.20. The first kappa shape index (κ1) is 18.3. The number of hydrogen-bond acceptors (Lipinski definition) is 4. The number of rotatable bonds is 5. The molecule has 26 heavy (non-hydrogen) atoms. The molecule has 0 unspecified atom stereocenters. The number of sulfonamides is 1. The molecule has 6 nitrogen and oxygen atoms in total. The molecule has 0 spiro atoms. The van der Waals surface area contributed by atoms with Crippen LogP contribution < -0.4 is 4.72 Å². The third-order valence-corrected chi connectivity index (χ3v) is 5.64. The van der Waals surface area contributed by atoms with E-state index in [0.717, 1.165) is 5.56 Å². The van der Waals surface area contributed by atoms with Crippen molar-refractivity contribution >= 4 is 27.6 Å². The number of benzene rings is 2. The van der Waals surface area contributed by atoms with Gasteiger partial charge in [0, 0.05) is 5.02 Å². The maximum atomic E-state index is 12.9. The van der Waals surface area contributed by atoms with Gasteiger partial charge in [-0.1, -0.05) is 23.7 Å².